The maximum Gasteiger partial charge on any atom is 0.255 e. The quantitative estimate of drug-likeness (QED) is 0.538. The van der Waals surface area contributed by atoms with Gasteiger partial charge in [-0.25, -0.2) is 0 Å². The zero-order valence-corrected chi connectivity index (χ0v) is 8.27. The van der Waals surface area contributed by atoms with Crippen molar-refractivity contribution < 1.29 is 20.1 Å². The summed E-state index contributed by atoms with van der Waals surface area (Å²) in [6, 6.07) is 4.11. The molecular weight excluding hydrogens is 198 g/mol. The fraction of sp³-hybridized carbons (Fsp3) is 0.300. The van der Waals surface area contributed by atoms with E-state index in [-0.39, 0.29) is 17.9 Å². The van der Waals surface area contributed by atoms with Crippen molar-refractivity contribution in [2.75, 3.05) is 6.54 Å². The number of carbonyl (C=O) groups is 1. The number of nitrogens with one attached hydrogen (secondary N) is 1. The van der Waals surface area contributed by atoms with Crippen LogP contribution >= 0.6 is 0 Å². The molecule has 0 aliphatic carbocycles. The SMILES string of the molecule is CC(O)CNC(=O)c1cccc(O)c1O. The maximum atomic E-state index is 11.4. The van der Waals surface area contributed by atoms with Gasteiger partial charge in [-0.2, -0.15) is 0 Å². The summed E-state index contributed by atoms with van der Waals surface area (Å²) in [6.45, 7) is 1.62. The van der Waals surface area contributed by atoms with Crippen molar-refractivity contribution in [3.05, 3.63) is 23.8 Å². The Morgan fingerprint density at radius 3 is 2.73 bits per heavy atom. The molecular formula is C10H13NO4. The fourth-order valence-corrected chi connectivity index (χ4v) is 1.05. The Kier molecular flexibility index (Phi) is 3.51. The summed E-state index contributed by atoms with van der Waals surface area (Å²) < 4.78 is 0. The van der Waals surface area contributed by atoms with Gasteiger partial charge in [0, 0.05) is 6.54 Å². The summed E-state index contributed by atoms with van der Waals surface area (Å²) in [5, 5.41) is 29.9. The first-order valence-corrected chi connectivity index (χ1v) is 4.49. The van der Waals surface area contributed by atoms with Gasteiger partial charge >= 0.3 is 0 Å². The van der Waals surface area contributed by atoms with Gasteiger partial charge in [0.05, 0.1) is 11.7 Å². The van der Waals surface area contributed by atoms with Gasteiger partial charge < -0.3 is 20.6 Å². The number of phenolic OH excluding ortho intramolecular Hbond substituents is 2. The molecule has 0 radical (unpaired) electrons. The van der Waals surface area contributed by atoms with Crippen LogP contribution in [0.4, 0.5) is 0 Å². The second kappa shape index (κ2) is 4.65. The molecule has 1 atom stereocenters. The van der Waals surface area contributed by atoms with Gasteiger partial charge in [0.25, 0.3) is 5.91 Å². The molecule has 0 aliphatic rings. The zero-order valence-electron chi connectivity index (χ0n) is 8.27. The largest absolute Gasteiger partial charge is 0.504 e. The number of hydrogen-bond donors (Lipinski definition) is 4. The monoisotopic (exact) mass is 211 g/mol. The van der Waals surface area contributed by atoms with E-state index in [1.807, 2.05) is 0 Å². The second-order valence-corrected chi connectivity index (χ2v) is 3.23. The summed E-state index contributed by atoms with van der Waals surface area (Å²) in [7, 11) is 0. The van der Waals surface area contributed by atoms with Crippen molar-refractivity contribution in [1.82, 2.24) is 5.32 Å². The molecule has 0 aromatic heterocycles. The zero-order chi connectivity index (χ0) is 11.4. The van der Waals surface area contributed by atoms with Crippen LogP contribution in [0.25, 0.3) is 0 Å². The fourth-order valence-electron chi connectivity index (χ4n) is 1.05. The van der Waals surface area contributed by atoms with Crippen LogP contribution in [0.2, 0.25) is 0 Å². The van der Waals surface area contributed by atoms with E-state index in [1.54, 1.807) is 0 Å². The van der Waals surface area contributed by atoms with E-state index >= 15 is 0 Å². The first-order chi connectivity index (χ1) is 7.02. The first-order valence-electron chi connectivity index (χ1n) is 4.49. The molecule has 82 valence electrons. The third-order valence-corrected chi connectivity index (χ3v) is 1.82. The molecule has 0 bridgehead atoms. The van der Waals surface area contributed by atoms with Gasteiger partial charge in [-0.3, -0.25) is 4.79 Å². The molecule has 0 heterocycles. The predicted molar refractivity (Wildman–Crippen MR) is 53.8 cm³/mol. The van der Waals surface area contributed by atoms with Crippen LogP contribution < -0.4 is 5.32 Å². The van der Waals surface area contributed by atoms with Crippen LogP contribution in [0.5, 0.6) is 11.5 Å². The van der Waals surface area contributed by atoms with E-state index in [0.717, 1.165) is 0 Å². The molecule has 5 heteroatoms. The number of phenols is 2. The van der Waals surface area contributed by atoms with Crippen LogP contribution in [0.3, 0.4) is 0 Å². The maximum absolute atomic E-state index is 11.4. The lowest BCUT2D eigenvalue weighted by molar-refractivity contribution is 0.0920. The van der Waals surface area contributed by atoms with Gasteiger partial charge in [-0.05, 0) is 19.1 Å². The summed E-state index contributed by atoms with van der Waals surface area (Å²) >= 11 is 0. The Morgan fingerprint density at radius 1 is 1.47 bits per heavy atom. The Hall–Kier alpha value is -1.75. The van der Waals surface area contributed by atoms with E-state index < -0.39 is 17.8 Å². The average molecular weight is 211 g/mol. The molecule has 1 amide bonds. The summed E-state index contributed by atoms with van der Waals surface area (Å²) in [4.78, 5) is 11.4. The standard InChI is InChI=1S/C10H13NO4/c1-6(12)5-11-10(15)7-3-2-4-8(13)9(7)14/h2-4,6,12-14H,5H2,1H3,(H,11,15). The average Bonchev–Trinajstić information content (AvgIpc) is 2.18. The highest BCUT2D eigenvalue weighted by Crippen LogP contribution is 2.27. The summed E-state index contributed by atoms with van der Waals surface area (Å²) in [5.41, 5.74) is -0.0179. The number of para-hydroxylation sites is 1. The Morgan fingerprint density at radius 2 is 2.13 bits per heavy atom. The number of benzene rings is 1. The molecule has 0 aliphatic heterocycles. The number of aromatic hydroxyl groups is 2. The molecule has 15 heavy (non-hydrogen) atoms. The summed E-state index contributed by atoms with van der Waals surface area (Å²) in [5.74, 6) is -1.34. The Labute approximate surface area is 87.0 Å². The van der Waals surface area contributed by atoms with Crippen LogP contribution in [-0.2, 0) is 0 Å². The first kappa shape index (κ1) is 11.3. The van der Waals surface area contributed by atoms with E-state index in [4.69, 9.17) is 10.2 Å². The van der Waals surface area contributed by atoms with E-state index in [0.29, 0.717) is 0 Å². The van der Waals surface area contributed by atoms with Crippen molar-refractivity contribution in [3.8, 4) is 11.5 Å². The van der Waals surface area contributed by atoms with Crippen LogP contribution in [0.15, 0.2) is 18.2 Å². The third-order valence-electron chi connectivity index (χ3n) is 1.82. The Balaban J connectivity index is 2.78. The van der Waals surface area contributed by atoms with Gasteiger partial charge in [0.1, 0.15) is 0 Å². The highest BCUT2D eigenvalue weighted by atomic mass is 16.3. The Bertz CT molecular complexity index is 362. The second-order valence-electron chi connectivity index (χ2n) is 3.23. The van der Waals surface area contributed by atoms with Crippen molar-refractivity contribution in [1.29, 1.82) is 0 Å². The van der Waals surface area contributed by atoms with Crippen molar-refractivity contribution in [2.24, 2.45) is 0 Å². The van der Waals surface area contributed by atoms with Crippen LogP contribution in [0.1, 0.15) is 17.3 Å². The minimum absolute atomic E-state index is 0.0179. The molecule has 5 nitrogen and oxygen atoms in total. The van der Waals surface area contributed by atoms with Crippen LogP contribution in [0, 0.1) is 0 Å². The topological polar surface area (TPSA) is 89.8 Å². The molecule has 1 unspecified atom stereocenters. The number of rotatable bonds is 3. The molecule has 1 rings (SSSR count). The summed E-state index contributed by atoms with van der Waals surface area (Å²) in [6.07, 6.45) is -0.659. The van der Waals surface area contributed by atoms with E-state index in [2.05, 4.69) is 5.32 Å². The van der Waals surface area contributed by atoms with Crippen molar-refractivity contribution in [3.63, 3.8) is 0 Å². The molecule has 0 fully saturated rings. The number of amides is 1. The smallest absolute Gasteiger partial charge is 0.255 e. The van der Waals surface area contributed by atoms with Gasteiger partial charge in [-0.1, -0.05) is 6.07 Å². The third kappa shape index (κ3) is 2.85. The lowest BCUT2D eigenvalue weighted by Crippen LogP contribution is -2.30. The van der Waals surface area contributed by atoms with Crippen molar-refractivity contribution >= 4 is 5.91 Å². The minimum Gasteiger partial charge on any atom is -0.504 e. The van der Waals surface area contributed by atoms with E-state index in [1.165, 1.54) is 25.1 Å². The minimum atomic E-state index is -0.659. The van der Waals surface area contributed by atoms with E-state index in [9.17, 15) is 9.90 Å². The highest BCUT2D eigenvalue weighted by Gasteiger charge is 2.13. The van der Waals surface area contributed by atoms with Gasteiger partial charge in [0.2, 0.25) is 0 Å². The number of aliphatic hydroxyl groups excluding tert-OH is 1. The molecule has 1 aromatic rings. The van der Waals surface area contributed by atoms with Crippen molar-refractivity contribution in [2.45, 2.75) is 13.0 Å². The lowest BCUT2D eigenvalue weighted by atomic mass is 10.1. The molecule has 0 spiro atoms. The predicted octanol–water partition coefficient (Wildman–Crippen LogP) is 0.208. The van der Waals surface area contributed by atoms with Crippen LogP contribution in [-0.4, -0.2) is 33.9 Å². The number of aliphatic hydroxyl groups is 1. The molecule has 1 aromatic carbocycles. The number of hydrogen-bond acceptors (Lipinski definition) is 4. The molecule has 4 N–H and O–H groups in total. The highest BCUT2D eigenvalue weighted by molar-refractivity contribution is 5.97. The molecule has 0 saturated carbocycles. The lowest BCUT2D eigenvalue weighted by Gasteiger charge is -2.08. The van der Waals surface area contributed by atoms with Gasteiger partial charge in [0.15, 0.2) is 11.5 Å². The van der Waals surface area contributed by atoms with Gasteiger partial charge in [-0.15, -0.1) is 0 Å². The number of carbonyl (C=O) groups excluding carboxylic acids is 1. The molecule has 0 saturated heterocycles. The normalized spacial score (nSPS) is 12.1.